The number of ether oxygens (including phenoxy) is 1. The molecule has 0 radical (unpaired) electrons. The maximum atomic E-state index is 12.9. The lowest BCUT2D eigenvalue weighted by molar-refractivity contribution is -0.118. The molecule has 0 unspecified atom stereocenters. The number of hydrogen-bond donors (Lipinski definition) is 1. The highest BCUT2D eigenvalue weighted by Crippen LogP contribution is 2.17. The molecule has 0 bridgehead atoms. The molecule has 0 spiro atoms. The van der Waals surface area contributed by atoms with Crippen LogP contribution in [0.3, 0.4) is 0 Å². The van der Waals surface area contributed by atoms with E-state index in [-0.39, 0.29) is 12.5 Å². The zero-order valence-electron chi connectivity index (χ0n) is 10.8. The topological polar surface area (TPSA) is 38.3 Å². The average molecular weight is 385 g/mol. The molecule has 1 N–H and O–H groups in total. The van der Waals surface area contributed by atoms with E-state index >= 15 is 0 Å². The number of nitrogens with one attached hydrogen (secondary N) is 1. The Hall–Kier alpha value is -1.63. The third-order valence-electron chi connectivity index (χ3n) is 2.62. The molecule has 0 saturated carbocycles. The molecule has 2 aromatic rings. The molecule has 0 saturated heterocycles. The molecule has 0 aromatic heterocycles. The Morgan fingerprint density at radius 1 is 1.30 bits per heavy atom. The van der Waals surface area contributed by atoms with Crippen molar-refractivity contribution < 1.29 is 13.9 Å². The van der Waals surface area contributed by atoms with Crippen LogP contribution in [0.2, 0.25) is 0 Å². The highest BCUT2D eigenvalue weighted by molar-refractivity contribution is 14.1. The summed E-state index contributed by atoms with van der Waals surface area (Å²) in [4.78, 5) is 11.7. The molecular weight excluding hydrogens is 372 g/mol. The third kappa shape index (κ3) is 4.19. The summed E-state index contributed by atoms with van der Waals surface area (Å²) >= 11 is 2.21. The number of aryl methyl sites for hydroxylation is 1. The zero-order valence-corrected chi connectivity index (χ0v) is 13.0. The standard InChI is InChI=1S/C15H13FINO2/c1-10-5-6-12(8-14(10)17)18-15(19)9-20-13-4-2-3-11(16)7-13/h2-8H,9H2,1H3,(H,18,19). The van der Waals surface area contributed by atoms with Crippen molar-refractivity contribution in [2.75, 3.05) is 11.9 Å². The maximum absolute atomic E-state index is 12.9. The first-order valence-corrected chi connectivity index (χ1v) is 7.07. The largest absolute Gasteiger partial charge is 0.484 e. The average Bonchev–Trinajstić information content (AvgIpc) is 2.41. The van der Waals surface area contributed by atoms with Crippen LogP contribution in [0, 0.1) is 16.3 Å². The Morgan fingerprint density at radius 2 is 2.10 bits per heavy atom. The van der Waals surface area contributed by atoms with Crippen molar-refractivity contribution in [3.05, 3.63) is 57.4 Å². The highest BCUT2D eigenvalue weighted by atomic mass is 127. The molecule has 5 heteroatoms. The van der Waals surface area contributed by atoms with Crippen molar-refractivity contribution in [3.8, 4) is 5.75 Å². The fourth-order valence-corrected chi connectivity index (χ4v) is 2.09. The number of carbonyl (C=O) groups excluding carboxylic acids is 1. The molecule has 0 aliphatic heterocycles. The Kier molecular flexibility index (Phi) is 4.94. The molecule has 0 fully saturated rings. The lowest BCUT2D eigenvalue weighted by Crippen LogP contribution is -2.20. The lowest BCUT2D eigenvalue weighted by Gasteiger charge is -2.08. The SMILES string of the molecule is Cc1ccc(NC(=O)COc2cccc(F)c2)cc1I. The number of benzene rings is 2. The van der Waals surface area contributed by atoms with Crippen molar-refractivity contribution in [2.24, 2.45) is 0 Å². The first-order valence-electron chi connectivity index (χ1n) is 5.99. The summed E-state index contributed by atoms with van der Waals surface area (Å²) in [5.74, 6) is -0.344. The lowest BCUT2D eigenvalue weighted by atomic mass is 10.2. The van der Waals surface area contributed by atoms with Gasteiger partial charge in [0.1, 0.15) is 11.6 Å². The molecule has 2 rings (SSSR count). The Morgan fingerprint density at radius 3 is 2.80 bits per heavy atom. The summed E-state index contributed by atoms with van der Waals surface area (Å²) in [6.45, 7) is 1.84. The monoisotopic (exact) mass is 385 g/mol. The van der Waals surface area contributed by atoms with Crippen LogP contribution in [0.4, 0.5) is 10.1 Å². The third-order valence-corrected chi connectivity index (χ3v) is 3.78. The van der Waals surface area contributed by atoms with E-state index in [0.29, 0.717) is 11.4 Å². The molecule has 104 valence electrons. The number of carbonyl (C=O) groups is 1. The van der Waals surface area contributed by atoms with E-state index in [0.717, 1.165) is 9.13 Å². The molecule has 0 heterocycles. The van der Waals surface area contributed by atoms with E-state index in [1.807, 2.05) is 25.1 Å². The minimum Gasteiger partial charge on any atom is -0.484 e. The van der Waals surface area contributed by atoms with Gasteiger partial charge in [0.05, 0.1) is 0 Å². The molecule has 3 nitrogen and oxygen atoms in total. The van der Waals surface area contributed by atoms with E-state index in [1.165, 1.54) is 18.2 Å². The van der Waals surface area contributed by atoms with Crippen molar-refractivity contribution in [1.82, 2.24) is 0 Å². The summed E-state index contributed by atoms with van der Waals surface area (Å²) < 4.78 is 19.2. The summed E-state index contributed by atoms with van der Waals surface area (Å²) in [5, 5.41) is 2.73. The van der Waals surface area contributed by atoms with E-state index < -0.39 is 5.82 Å². The normalized spacial score (nSPS) is 10.2. The second-order valence-electron chi connectivity index (χ2n) is 4.26. The van der Waals surface area contributed by atoms with Crippen LogP contribution < -0.4 is 10.1 Å². The quantitative estimate of drug-likeness (QED) is 0.815. The van der Waals surface area contributed by atoms with Crippen molar-refractivity contribution in [1.29, 1.82) is 0 Å². The van der Waals surface area contributed by atoms with Gasteiger partial charge in [-0.1, -0.05) is 12.1 Å². The Bertz CT molecular complexity index is 631. The van der Waals surface area contributed by atoms with Gasteiger partial charge in [-0.3, -0.25) is 4.79 Å². The predicted octanol–water partition coefficient (Wildman–Crippen LogP) is 3.76. The van der Waals surface area contributed by atoms with Crippen LogP contribution in [0.1, 0.15) is 5.56 Å². The van der Waals surface area contributed by atoms with Gasteiger partial charge in [0, 0.05) is 15.3 Å². The minimum absolute atomic E-state index is 0.159. The van der Waals surface area contributed by atoms with Crippen LogP contribution in [0.5, 0.6) is 5.75 Å². The van der Waals surface area contributed by atoms with Gasteiger partial charge in [-0.15, -0.1) is 0 Å². The van der Waals surface area contributed by atoms with Gasteiger partial charge in [-0.05, 0) is 59.3 Å². The van der Waals surface area contributed by atoms with E-state index in [1.54, 1.807) is 6.07 Å². The molecular formula is C15H13FINO2. The molecule has 2 aromatic carbocycles. The van der Waals surface area contributed by atoms with Crippen molar-refractivity contribution in [3.63, 3.8) is 0 Å². The van der Waals surface area contributed by atoms with Gasteiger partial charge >= 0.3 is 0 Å². The highest BCUT2D eigenvalue weighted by Gasteiger charge is 2.05. The van der Waals surface area contributed by atoms with Crippen LogP contribution in [-0.4, -0.2) is 12.5 Å². The number of rotatable bonds is 4. The van der Waals surface area contributed by atoms with Crippen LogP contribution in [-0.2, 0) is 4.79 Å². The van der Waals surface area contributed by atoms with Crippen molar-refractivity contribution >= 4 is 34.2 Å². The number of hydrogen-bond acceptors (Lipinski definition) is 2. The first-order chi connectivity index (χ1) is 9.54. The van der Waals surface area contributed by atoms with Gasteiger partial charge in [-0.25, -0.2) is 4.39 Å². The maximum Gasteiger partial charge on any atom is 0.262 e. The smallest absolute Gasteiger partial charge is 0.262 e. The molecule has 20 heavy (non-hydrogen) atoms. The number of anilines is 1. The van der Waals surface area contributed by atoms with Gasteiger partial charge in [0.25, 0.3) is 5.91 Å². The summed E-state index contributed by atoms with van der Waals surface area (Å²) in [6.07, 6.45) is 0. The van der Waals surface area contributed by atoms with Crippen LogP contribution in [0.15, 0.2) is 42.5 Å². The molecule has 0 aliphatic rings. The number of halogens is 2. The fourth-order valence-electron chi connectivity index (χ4n) is 1.57. The van der Waals surface area contributed by atoms with E-state index in [9.17, 15) is 9.18 Å². The Balaban J connectivity index is 1.91. The van der Waals surface area contributed by atoms with Gasteiger partial charge in [0.15, 0.2) is 6.61 Å². The van der Waals surface area contributed by atoms with E-state index in [2.05, 4.69) is 27.9 Å². The zero-order chi connectivity index (χ0) is 14.5. The molecule has 0 aliphatic carbocycles. The Labute approximate surface area is 130 Å². The van der Waals surface area contributed by atoms with Gasteiger partial charge in [-0.2, -0.15) is 0 Å². The summed E-state index contributed by atoms with van der Waals surface area (Å²) in [6, 6.07) is 11.3. The van der Waals surface area contributed by atoms with Crippen LogP contribution in [0.25, 0.3) is 0 Å². The predicted molar refractivity (Wildman–Crippen MR) is 84.4 cm³/mol. The van der Waals surface area contributed by atoms with Crippen molar-refractivity contribution in [2.45, 2.75) is 6.92 Å². The van der Waals surface area contributed by atoms with E-state index in [4.69, 9.17) is 4.74 Å². The fraction of sp³-hybridized carbons (Fsp3) is 0.133. The number of amides is 1. The first kappa shape index (κ1) is 14.8. The second-order valence-corrected chi connectivity index (χ2v) is 5.42. The summed E-state index contributed by atoms with van der Waals surface area (Å²) in [7, 11) is 0. The molecule has 1 amide bonds. The van der Waals surface area contributed by atoms with Gasteiger partial charge < -0.3 is 10.1 Å². The van der Waals surface area contributed by atoms with Gasteiger partial charge in [0.2, 0.25) is 0 Å². The minimum atomic E-state index is -0.393. The summed E-state index contributed by atoms with van der Waals surface area (Å²) in [5.41, 5.74) is 1.87. The molecule has 0 atom stereocenters. The van der Waals surface area contributed by atoms with Crippen LogP contribution >= 0.6 is 22.6 Å². The second kappa shape index (κ2) is 6.69.